The van der Waals surface area contributed by atoms with E-state index in [4.69, 9.17) is 4.74 Å². The molecule has 0 radical (unpaired) electrons. The minimum absolute atomic E-state index is 0.182. The summed E-state index contributed by atoms with van der Waals surface area (Å²) in [6, 6.07) is 8.73. The highest BCUT2D eigenvalue weighted by Crippen LogP contribution is 2.13. The molecule has 0 aliphatic rings. The van der Waals surface area contributed by atoms with Crippen LogP contribution in [0.1, 0.15) is 6.42 Å². The predicted octanol–water partition coefficient (Wildman–Crippen LogP) is 1.17. The molecule has 0 saturated heterocycles. The first-order valence-corrected chi connectivity index (χ1v) is 5.03. The molecule has 0 saturated carbocycles. The summed E-state index contributed by atoms with van der Waals surface area (Å²) >= 11 is 0. The SMILES string of the molecule is COC(=O)C[C@@H](Oc1ccccc1)C(=O)OC. The molecule has 17 heavy (non-hydrogen) atoms. The number of ether oxygens (including phenoxy) is 3. The fourth-order valence-electron chi connectivity index (χ4n) is 1.20. The van der Waals surface area contributed by atoms with Crippen LogP contribution >= 0.6 is 0 Å². The van der Waals surface area contributed by atoms with Crippen molar-refractivity contribution in [1.29, 1.82) is 0 Å². The number of methoxy groups -OCH3 is 2. The predicted molar refractivity (Wildman–Crippen MR) is 59.5 cm³/mol. The molecule has 0 aliphatic heterocycles. The molecule has 0 amide bonds. The number of carbonyl (C=O) groups is 2. The van der Waals surface area contributed by atoms with E-state index in [2.05, 4.69) is 9.47 Å². The van der Waals surface area contributed by atoms with Gasteiger partial charge in [-0.1, -0.05) is 18.2 Å². The minimum Gasteiger partial charge on any atom is -0.478 e. The number of benzene rings is 1. The van der Waals surface area contributed by atoms with Gasteiger partial charge in [0.15, 0.2) is 0 Å². The van der Waals surface area contributed by atoms with Crippen molar-refractivity contribution >= 4 is 11.9 Å². The van der Waals surface area contributed by atoms with Gasteiger partial charge in [0, 0.05) is 0 Å². The number of esters is 2. The van der Waals surface area contributed by atoms with Crippen molar-refractivity contribution in [2.45, 2.75) is 12.5 Å². The molecule has 92 valence electrons. The van der Waals surface area contributed by atoms with Crippen molar-refractivity contribution in [2.75, 3.05) is 14.2 Å². The molecule has 0 bridgehead atoms. The van der Waals surface area contributed by atoms with Gasteiger partial charge < -0.3 is 14.2 Å². The Hall–Kier alpha value is -2.04. The van der Waals surface area contributed by atoms with Crippen LogP contribution in [0, 0.1) is 0 Å². The molecule has 1 atom stereocenters. The van der Waals surface area contributed by atoms with E-state index in [1.807, 2.05) is 6.07 Å². The summed E-state index contributed by atoms with van der Waals surface area (Å²) in [5.74, 6) is -0.651. The third kappa shape index (κ3) is 4.14. The third-order valence-corrected chi connectivity index (χ3v) is 2.07. The van der Waals surface area contributed by atoms with E-state index < -0.39 is 18.0 Å². The van der Waals surface area contributed by atoms with Crippen LogP contribution in [0.3, 0.4) is 0 Å². The second kappa shape index (κ2) is 6.52. The lowest BCUT2D eigenvalue weighted by molar-refractivity contribution is -0.155. The highest BCUT2D eigenvalue weighted by atomic mass is 16.6. The van der Waals surface area contributed by atoms with Gasteiger partial charge in [0.05, 0.1) is 20.6 Å². The van der Waals surface area contributed by atoms with Gasteiger partial charge in [-0.05, 0) is 12.1 Å². The fourth-order valence-corrected chi connectivity index (χ4v) is 1.20. The van der Waals surface area contributed by atoms with Crippen molar-refractivity contribution in [1.82, 2.24) is 0 Å². The summed E-state index contributed by atoms with van der Waals surface area (Å²) in [7, 11) is 2.49. The van der Waals surface area contributed by atoms with Crippen molar-refractivity contribution in [3.05, 3.63) is 30.3 Å². The number of para-hydroxylation sites is 1. The van der Waals surface area contributed by atoms with Gasteiger partial charge in [0.25, 0.3) is 0 Å². The largest absolute Gasteiger partial charge is 0.478 e. The molecule has 0 unspecified atom stereocenters. The molecule has 1 aromatic carbocycles. The van der Waals surface area contributed by atoms with Gasteiger partial charge in [-0.2, -0.15) is 0 Å². The zero-order chi connectivity index (χ0) is 12.7. The smallest absolute Gasteiger partial charge is 0.347 e. The topological polar surface area (TPSA) is 61.8 Å². The molecule has 0 aliphatic carbocycles. The van der Waals surface area contributed by atoms with Crippen molar-refractivity contribution in [2.24, 2.45) is 0 Å². The van der Waals surface area contributed by atoms with Crippen LogP contribution in [0.15, 0.2) is 30.3 Å². The monoisotopic (exact) mass is 238 g/mol. The lowest BCUT2D eigenvalue weighted by Crippen LogP contribution is -2.31. The maximum absolute atomic E-state index is 11.4. The highest BCUT2D eigenvalue weighted by molar-refractivity contribution is 5.82. The van der Waals surface area contributed by atoms with Gasteiger partial charge in [-0.3, -0.25) is 4.79 Å². The average molecular weight is 238 g/mol. The first kappa shape index (κ1) is 13.0. The Balaban J connectivity index is 2.70. The van der Waals surface area contributed by atoms with Crippen LogP contribution in [0.5, 0.6) is 5.75 Å². The molecular formula is C12H14O5. The lowest BCUT2D eigenvalue weighted by atomic mass is 10.2. The Bertz CT molecular complexity index is 374. The maximum atomic E-state index is 11.4. The lowest BCUT2D eigenvalue weighted by Gasteiger charge is -2.15. The van der Waals surface area contributed by atoms with Crippen LogP contribution in [-0.4, -0.2) is 32.3 Å². The number of hydrogen-bond donors (Lipinski definition) is 0. The fraction of sp³-hybridized carbons (Fsp3) is 0.333. The maximum Gasteiger partial charge on any atom is 0.347 e. The minimum atomic E-state index is -0.991. The number of carbonyl (C=O) groups excluding carboxylic acids is 2. The molecule has 5 nitrogen and oxygen atoms in total. The van der Waals surface area contributed by atoms with Crippen LogP contribution in [0.2, 0.25) is 0 Å². The zero-order valence-electron chi connectivity index (χ0n) is 9.71. The molecule has 0 fully saturated rings. The van der Waals surface area contributed by atoms with E-state index in [9.17, 15) is 9.59 Å². The summed E-state index contributed by atoms with van der Waals surface area (Å²) in [4.78, 5) is 22.5. The van der Waals surface area contributed by atoms with Crippen molar-refractivity contribution in [3.8, 4) is 5.75 Å². The molecule has 1 rings (SSSR count). The molecule has 5 heteroatoms. The third-order valence-electron chi connectivity index (χ3n) is 2.07. The van der Waals surface area contributed by atoms with E-state index in [0.29, 0.717) is 5.75 Å². The Morgan fingerprint density at radius 1 is 1.12 bits per heavy atom. The average Bonchev–Trinajstić information content (AvgIpc) is 2.38. The van der Waals surface area contributed by atoms with E-state index >= 15 is 0 Å². The Morgan fingerprint density at radius 3 is 2.29 bits per heavy atom. The number of hydrogen-bond acceptors (Lipinski definition) is 5. The molecular weight excluding hydrogens is 224 g/mol. The highest BCUT2D eigenvalue weighted by Gasteiger charge is 2.25. The summed E-state index contributed by atoms with van der Waals surface area (Å²) in [6.45, 7) is 0. The molecule has 0 spiro atoms. The van der Waals surface area contributed by atoms with Crippen molar-refractivity contribution < 1.29 is 23.8 Å². The Labute approximate surface area is 99.3 Å². The first-order valence-electron chi connectivity index (χ1n) is 5.03. The van der Waals surface area contributed by atoms with E-state index in [1.54, 1.807) is 24.3 Å². The van der Waals surface area contributed by atoms with Crippen molar-refractivity contribution in [3.63, 3.8) is 0 Å². The summed E-state index contributed by atoms with van der Waals surface area (Å²) in [5.41, 5.74) is 0. The zero-order valence-corrected chi connectivity index (χ0v) is 9.71. The number of rotatable bonds is 5. The van der Waals surface area contributed by atoms with E-state index in [0.717, 1.165) is 0 Å². The van der Waals surface area contributed by atoms with Crippen LogP contribution in [0.4, 0.5) is 0 Å². The molecule has 1 aromatic rings. The van der Waals surface area contributed by atoms with E-state index in [1.165, 1.54) is 14.2 Å². The quantitative estimate of drug-likeness (QED) is 0.720. The molecule has 0 N–H and O–H groups in total. The Morgan fingerprint density at radius 2 is 1.76 bits per heavy atom. The van der Waals surface area contributed by atoms with Gasteiger partial charge in [0.1, 0.15) is 5.75 Å². The van der Waals surface area contributed by atoms with E-state index in [-0.39, 0.29) is 6.42 Å². The Kier molecular flexibility index (Phi) is 5.00. The van der Waals surface area contributed by atoms with Gasteiger partial charge in [-0.15, -0.1) is 0 Å². The molecule has 0 aromatic heterocycles. The van der Waals surface area contributed by atoms with Crippen LogP contribution < -0.4 is 4.74 Å². The van der Waals surface area contributed by atoms with Crippen LogP contribution in [0.25, 0.3) is 0 Å². The summed E-state index contributed by atoms with van der Waals surface area (Å²) in [6.07, 6.45) is -1.17. The van der Waals surface area contributed by atoms with Gasteiger partial charge >= 0.3 is 11.9 Å². The first-order chi connectivity index (χ1) is 8.17. The standard InChI is InChI=1S/C12H14O5/c1-15-11(13)8-10(12(14)16-2)17-9-6-4-3-5-7-9/h3-7,10H,8H2,1-2H3/t10-/m1/s1. The van der Waals surface area contributed by atoms with Gasteiger partial charge in [0.2, 0.25) is 6.10 Å². The molecule has 0 heterocycles. The van der Waals surface area contributed by atoms with Crippen LogP contribution in [-0.2, 0) is 19.1 Å². The normalized spacial score (nSPS) is 11.4. The van der Waals surface area contributed by atoms with Gasteiger partial charge in [-0.25, -0.2) is 4.79 Å². The summed E-state index contributed by atoms with van der Waals surface area (Å²) in [5, 5.41) is 0. The summed E-state index contributed by atoms with van der Waals surface area (Å²) < 4.78 is 14.4. The second-order valence-electron chi connectivity index (χ2n) is 3.22. The second-order valence-corrected chi connectivity index (χ2v) is 3.22.